The first-order valence-corrected chi connectivity index (χ1v) is 8.50. The largest absolute Gasteiger partial charge is 0.358 e. The summed E-state index contributed by atoms with van der Waals surface area (Å²) < 4.78 is 13.9. The first-order chi connectivity index (χ1) is 13.0. The zero-order valence-corrected chi connectivity index (χ0v) is 14.9. The molecule has 0 saturated carbocycles. The SMILES string of the molecule is Cc1[nH]c2ccc(NC(=O)c3cccc(-c4ccncc4F)n3)cc2c1C. The van der Waals surface area contributed by atoms with Crippen molar-refractivity contribution in [1.29, 1.82) is 0 Å². The quantitative estimate of drug-likeness (QED) is 0.559. The molecular formula is C21H17FN4O. The number of aromatic amines is 1. The van der Waals surface area contributed by atoms with Crippen LogP contribution in [0.3, 0.4) is 0 Å². The highest BCUT2D eigenvalue weighted by molar-refractivity contribution is 6.04. The molecule has 3 heterocycles. The molecule has 2 N–H and O–H groups in total. The summed E-state index contributed by atoms with van der Waals surface area (Å²) in [6.07, 6.45) is 2.61. The average Bonchev–Trinajstić information content (AvgIpc) is 2.96. The summed E-state index contributed by atoms with van der Waals surface area (Å²) >= 11 is 0. The number of hydrogen-bond acceptors (Lipinski definition) is 3. The van der Waals surface area contributed by atoms with Crippen molar-refractivity contribution in [2.75, 3.05) is 5.32 Å². The van der Waals surface area contributed by atoms with Gasteiger partial charge in [-0.1, -0.05) is 6.07 Å². The van der Waals surface area contributed by atoms with Crippen molar-refractivity contribution in [2.45, 2.75) is 13.8 Å². The van der Waals surface area contributed by atoms with Gasteiger partial charge in [-0.05, 0) is 55.8 Å². The van der Waals surface area contributed by atoms with E-state index in [1.54, 1.807) is 18.2 Å². The van der Waals surface area contributed by atoms with Gasteiger partial charge in [-0.15, -0.1) is 0 Å². The highest BCUT2D eigenvalue weighted by atomic mass is 19.1. The minimum absolute atomic E-state index is 0.214. The fourth-order valence-electron chi connectivity index (χ4n) is 3.03. The van der Waals surface area contributed by atoms with Gasteiger partial charge in [0, 0.05) is 34.0 Å². The number of amides is 1. The first-order valence-electron chi connectivity index (χ1n) is 8.50. The van der Waals surface area contributed by atoms with Crippen molar-refractivity contribution in [3.63, 3.8) is 0 Å². The molecule has 0 spiro atoms. The molecule has 1 amide bonds. The number of hydrogen-bond donors (Lipinski definition) is 2. The fourth-order valence-corrected chi connectivity index (χ4v) is 3.03. The molecule has 4 rings (SSSR count). The summed E-state index contributed by atoms with van der Waals surface area (Å²) in [4.78, 5) is 24.0. The molecule has 0 aliphatic rings. The van der Waals surface area contributed by atoms with Gasteiger partial charge >= 0.3 is 0 Å². The van der Waals surface area contributed by atoms with Crippen molar-refractivity contribution in [1.82, 2.24) is 15.0 Å². The third kappa shape index (κ3) is 3.17. The zero-order chi connectivity index (χ0) is 19.0. The standard InChI is InChI=1S/C21H17FN4O/c1-12-13(2)24-19-7-6-14(10-16(12)19)25-21(27)20-5-3-4-18(26-20)15-8-9-23-11-17(15)22/h3-11,24H,1-2H3,(H,25,27). The smallest absolute Gasteiger partial charge is 0.274 e. The van der Waals surface area contributed by atoms with Crippen molar-refractivity contribution in [3.8, 4) is 11.3 Å². The van der Waals surface area contributed by atoms with Crippen LogP contribution in [0.2, 0.25) is 0 Å². The second-order valence-electron chi connectivity index (χ2n) is 6.35. The maximum Gasteiger partial charge on any atom is 0.274 e. The van der Waals surface area contributed by atoms with Gasteiger partial charge in [-0.2, -0.15) is 0 Å². The molecule has 0 radical (unpaired) electrons. The lowest BCUT2D eigenvalue weighted by molar-refractivity contribution is 0.102. The van der Waals surface area contributed by atoms with Crippen molar-refractivity contribution in [3.05, 3.63) is 77.6 Å². The number of aromatic nitrogens is 3. The number of carbonyl (C=O) groups excluding carboxylic acids is 1. The van der Waals surface area contributed by atoms with E-state index in [0.29, 0.717) is 16.9 Å². The van der Waals surface area contributed by atoms with Gasteiger partial charge in [0.25, 0.3) is 5.91 Å². The molecule has 3 aromatic heterocycles. The molecule has 27 heavy (non-hydrogen) atoms. The second kappa shape index (κ2) is 6.64. The van der Waals surface area contributed by atoms with Gasteiger partial charge in [0.15, 0.2) is 5.82 Å². The van der Waals surface area contributed by atoms with E-state index in [4.69, 9.17) is 0 Å². The summed E-state index contributed by atoms with van der Waals surface area (Å²) in [5.41, 5.74) is 4.85. The number of carbonyl (C=O) groups is 1. The Balaban J connectivity index is 1.63. The number of rotatable bonds is 3. The number of pyridine rings is 2. The van der Waals surface area contributed by atoms with Gasteiger partial charge in [0.2, 0.25) is 0 Å². The zero-order valence-electron chi connectivity index (χ0n) is 14.9. The normalized spacial score (nSPS) is 10.9. The predicted octanol–water partition coefficient (Wildman–Crippen LogP) is 4.63. The Labute approximate surface area is 155 Å². The van der Waals surface area contributed by atoms with Crippen LogP contribution in [-0.4, -0.2) is 20.9 Å². The topological polar surface area (TPSA) is 70.7 Å². The number of halogens is 1. The molecule has 1 aromatic carbocycles. The number of nitrogens with zero attached hydrogens (tertiary/aromatic N) is 2. The van der Waals surface area contributed by atoms with E-state index in [-0.39, 0.29) is 11.6 Å². The van der Waals surface area contributed by atoms with Gasteiger partial charge < -0.3 is 10.3 Å². The van der Waals surface area contributed by atoms with E-state index in [0.717, 1.165) is 28.4 Å². The van der Waals surface area contributed by atoms with E-state index in [9.17, 15) is 9.18 Å². The molecule has 6 heteroatoms. The molecule has 0 aliphatic heterocycles. The van der Waals surface area contributed by atoms with Crippen LogP contribution >= 0.6 is 0 Å². The van der Waals surface area contributed by atoms with Crippen LogP contribution in [0.4, 0.5) is 10.1 Å². The van der Waals surface area contributed by atoms with Crippen molar-refractivity contribution < 1.29 is 9.18 Å². The highest BCUT2D eigenvalue weighted by Gasteiger charge is 2.13. The lowest BCUT2D eigenvalue weighted by Gasteiger charge is -2.07. The lowest BCUT2D eigenvalue weighted by Crippen LogP contribution is -2.14. The summed E-state index contributed by atoms with van der Waals surface area (Å²) in [5, 5.41) is 3.92. The third-order valence-electron chi connectivity index (χ3n) is 4.60. The maximum absolute atomic E-state index is 13.9. The number of anilines is 1. The van der Waals surface area contributed by atoms with Crippen LogP contribution in [0.15, 0.2) is 54.9 Å². The number of nitrogens with one attached hydrogen (secondary N) is 2. The summed E-state index contributed by atoms with van der Waals surface area (Å²) in [6, 6.07) is 12.2. The van der Waals surface area contributed by atoms with Gasteiger partial charge in [0.1, 0.15) is 5.69 Å². The Morgan fingerprint density at radius 2 is 2.00 bits per heavy atom. The minimum Gasteiger partial charge on any atom is -0.358 e. The first kappa shape index (κ1) is 16.9. The van der Waals surface area contributed by atoms with Gasteiger partial charge in [-0.25, -0.2) is 9.37 Å². The number of fused-ring (bicyclic) bond motifs is 1. The average molecular weight is 360 g/mol. The molecule has 0 atom stereocenters. The van der Waals surface area contributed by atoms with E-state index in [1.165, 1.54) is 12.3 Å². The molecular weight excluding hydrogens is 343 g/mol. The fraction of sp³-hybridized carbons (Fsp3) is 0.0952. The molecule has 0 unspecified atom stereocenters. The van der Waals surface area contributed by atoms with Crippen LogP contribution in [0.1, 0.15) is 21.7 Å². The molecule has 134 valence electrons. The Morgan fingerprint density at radius 1 is 1.15 bits per heavy atom. The Morgan fingerprint density at radius 3 is 2.81 bits per heavy atom. The van der Waals surface area contributed by atoms with E-state index in [1.807, 2.05) is 32.0 Å². The number of benzene rings is 1. The summed E-state index contributed by atoms with van der Waals surface area (Å²) in [6.45, 7) is 4.05. The van der Waals surface area contributed by atoms with E-state index >= 15 is 0 Å². The molecule has 0 saturated heterocycles. The van der Waals surface area contributed by atoms with Crippen LogP contribution < -0.4 is 5.32 Å². The number of H-pyrrole nitrogens is 1. The Hall–Kier alpha value is -3.54. The summed E-state index contributed by atoms with van der Waals surface area (Å²) in [5.74, 6) is -0.832. The number of aryl methyl sites for hydroxylation is 2. The van der Waals surface area contributed by atoms with Crippen LogP contribution in [-0.2, 0) is 0 Å². The minimum atomic E-state index is -0.480. The molecule has 0 aliphatic carbocycles. The van der Waals surface area contributed by atoms with Crippen LogP contribution in [0.25, 0.3) is 22.2 Å². The highest BCUT2D eigenvalue weighted by Crippen LogP contribution is 2.25. The molecule has 5 nitrogen and oxygen atoms in total. The lowest BCUT2D eigenvalue weighted by atomic mass is 10.1. The predicted molar refractivity (Wildman–Crippen MR) is 103 cm³/mol. The monoisotopic (exact) mass is 360 g/mol. The Kier molecular flexibility index (Phi) is 4.16. The summed E-state index contributed by atoms with van der Waals surface area (Å²) in [7, 11) is 0. The van der Waals surface area contributed by atoms with Gasteiger partial charge in [-0.3, -0.25) is 9.78 Å². The molecule has 4 aromatic rings. The van der Waals surface area contributed by atoms with Crippen LogP contribution in [0, 0.1) is 19.7 Å². The maximum atomic E-state index is 13.9. The van der Waals surface area contributed by atoms with Crippen LogP contribution in [0.5, 0.6) is 0 Å². The van der Waals surface area contributed by atoms with Gasteiger partial charge in [0.05, 0.1) is 11.9 Å². The van der Waals surface area contributed by atoms with E-state index < -0.39 is 5.82 Å². The van der Waals surface area contributed by atoms with Crippen molar-refractivity contribution in [2.24, 2.45) is 0 Å². The van der Waals surface area contributed by atoms with E-state index in [2.05, 4.69) is 20.3 Å². The molecule has 0 fully saturated rings. The van der Waals surface area contributed by atoms with Crippen molar-refractivity contribution >= 4 is 22.5 Å². The molecule has 0 bridgehead atoms. The second-order valence-corrected chi connectivity index (χ2v) is 6.35. The third-order valence-corrected chi connectivity index (χ3v) is 4.60. The Bertz CT molecular complexity index is 1170.